The van der Waals surface area contributed by atoms with Crippen molar-refractivity contribution in [2.75, 3.05) is 46.8 Å². The molecule has 1 heterocycles. The fourth-order valence-electron chi connectivity index (χ4n) is 2.87. The summed E-state index contributed by atoms with van der Waals surface area (Å²) < 4.78 is 0. The van der Waals surface area contributed by atoms with Crippen LogP contribution in [-0.4, -0.2) is 62.6 Å². The molecule has 0 unspecified atom stereocenters. The highest BCUT2D eigenvalue weighted by Gasteiger charge is 2.17. The predicted molar refractivity (Wildman–Crippen MR) is 88.4 cm³/mol. The van der Waals surface area contributed by atoms with Crippen LogP contribution in [0.5, 0.6) is 0 Å². The molecule has 1 aliphatic heterocycles. The molecule has 118 valence electrons. The van der Waals surface area contributed by atoms with Crippen LogP contribution in [0.2, 0.25) is 0 Å². The van der Waals surface area contributed by atoms with Crippen LogP contribution in [0, 0.1) is 5.92 Å². The average Bonchev–Trinajstić information content (AvgIpc) is 2.49. The molecule has 20 heavy (non-hydrogen) atoms. The fraction of sp³-hybridized carbons (Fsp3) is 0.938. The molecule has 4 heteroatoms. The van der Waals surface area contributed by atoms with Gasteiger partial charge in [-0.1, -0.05) is 20.3 Å². The molecule has 0 radical (unpaired) electrons. The topological polar surface area (TPSA) is 30.9 Å². The van der Waals surface area contributed by atoms with Crippen LogP contribution >= 0.6 is 0 Å². The van der Waals surface area contributed by atoms with Crippen molar-refractivity contribution < 1.29 is 0 Å². The average molecular weight is 282 g/mol. The zero-order valence-corrected chi connectivity index (χ0v) is 14.0. The van der Waals surface area contributed by atoms with Gasteiger partial charge in [0, 0.05) is 27.2 Å². The van der Waals surface area contributed by atoms with Gasteiger partial charge in [0.1, 0.15) is 0 Å². The van der Waals surface area contributed by atoms with Crippen LogP contribution in [0.1, 0.15) is 46.0 Å². The van der Waals surface area contributed by atoms with E-state index in [1.807, 2.05) is 7.05 Å². The minimum Gasteiger partial charge on any atom is -0.356 e. The van der Waals surface area contributed by atoms with Gasteiger partial charge in [-0.15, -0.1) is 0 Å². The van der Waals surface area contributed by atoms with Gasteiger partial charge in [0.15, 0.2) is 5.96 Å². The Morgan fingerprint density at radius 1 is 1.30 bits per heavy atom. The molecular formula is C16H34N4. The minimum absolute atomic E-state index is 0.893. The number of likely N-dealkylation sites (tertiary alicyclic amines) is 1. The zero-order chi connectivity index (χ0) is 14.8. The predicted octanol–water partition coefficient (Wildman–Crippen LogP) is 2.42. The second-order valence-corrected chi connectivity index (χ2v) is 5.92. The molecule has 4 nitrogen and oxygen atoms in total. The third-order valence-electron chi connectivity index (χ3n) is 4.41. The van der Waals surface area contributed by atoms with Gasteiger partial charge in [-0.05, 0) is 51.2 Å². The first kappa shape index (κ1) is 17.3. The fourth-order valence-corrected chi connectivity index (χ4v) is 2.87. The highest BCUT2D eigenvalue weighted by Crippen LogP contribution is 2.19. The standard InChI is InChI=1S/C16H34N4/c1-5-7-12-19(4)16(17-3)18-11-8-15-9-13-20(6-2)14-10-15/h15H,5-14H2,1-4H3,(H,17,18). The summed E-state index contributed by atoms with van der Waals surface area (Å²) in [5, 5.41) is 3.51. The first-order valence-corrected chi connectivity index (χ1v) is 8.35. The number of unbranched alkanes of at least 4 members (excludes halogenated alkanes) is 1. The minimum atomic E-state index is 0.893. The number of aliphatic imine (C=N–C) groups is 1. The lowest BCUT2D eigenvalue weighted by atomic mass is 9.93. The first-order valence-electron chi connectivity index (χ1n) is 8.35. The molecule has 1 saturated heterocycles. The second kappa shape index (κ2) is 10.0. The number of nitrogens with one attached hydrogen (secondary N) is 1. The van der Waals surface area contributed by atoms with Crippen LogP contribution in [0.15, 0.2) is 4.99 Å². The van der Waals surface area contributed by atoms with E-state index in [4.69, 9.17) is 0 Å². The van der Waals surface area contributed by atoms with E-state index >= 15 is 0 Å². The Balaban J connectivity index is 2.19. The quantitative estimate of drug-likeness (QED) is 0.575. The van der Waals surface area contributed by atoms with Gasteiger partial charge in [0.05, 0.1) is 0 Å². The molecule has 0 bridgehead atoms. The number of hydrogen-bond donors (Lipinski definition) is 1. The van der Waals surface area contributed by atoms with Gasteiger partial charge in [-0.2, -0.15) is 0 Å². The van der Waals surface area contributed by atoms with E-state index in [9.17, 15) is 0 Å². The monoisotopic (exact) mass is 282 g/mol. The van der Waals surface area contributed by atoms with Gasteiger partial charge in [-0.3, -0.25) is 4.99 Å². The highest BCUT2D eigenvalue weighted by molar-refractivity contribution is 5.79. The molecule has 0 amide bonds. The Labute approximate surface area is 125 Å². The summed E-state index contributed by atoms with van der Waals surface area (Å²) in [5.74, 6) is 1.94. The van der Waals surface area contributed by atoms with Gasteiger partial charge in [-0.25, -0.2) is 0 Å². The smallest absolute Gasteiger partial charge is 0.193 e. The van der Waals surface area contributed by atoms with Crippen molar-refractivity contribution in [3.63, 3.8) is 0 Å². The number of hydrogen-bond acceptors (Lipinski definition) is 2. The third-order valence-corrected chi connectivity index (χ3v) is 4.41. The van der Waals surface area contributed by atoms with Crippen molar-refractivity contribution in [3.05, 3.63) is 0 Å². The summed E-state index contributed by atoms with van der Waals surface area (Å²) in [6.07, 6.45) is 6.46. The molecule has 0 aromatic carbocycles. The van der Waals surface area contributed by atoms with Crippen molar-refractivity contribution in [2.45, 2.75) is 46.0 Å². The summed E-state index contributed by atoms with van der Waals surface area (Å²) in [7, 11) is 4.01. The van der Waals surface area contributed by atoms with Crippen LogP contribution < -0.4 is 5.32 Å². The Morgan fingerprint density at radius 2 is 2.00 bits per heavy atom. The summed E-state index contributed by atoms with van der Waals surface area (Å²) in [6, 6.07) is 0. The molecule has 1 N–H and O–H groups in total. The molecule has 0 aromatic heterocycles. The van der Waals surface area contributed by atoms with Crippen LogP contribution in [0.3, 0.4) is 0 Å². The summed E-state index contributed by atoms with van der Waals surface area (Å²) in [6.45, 7) is 10.4. The maximum absolute atomic E-state index is 4.37. The van der Waals surface area contributed by atoms with Crippen molar-refractivity contribution in [1.82, 2.24) is 15.1 Å². The van der Waals surface area contributed by atoms with E-state index in [0.29, 0.717) is 0 Å². The Hall–Kier alpha value is -0.770. The van der Waals surface area contributed by atoms with E-state index in [0.717, 1.165) is 25.0 Å². The number of guanidine groups is 1. The van der Waals surface area contributed by atoms with E-state index in [1.165, 1.54) is 51.7 Å². The van der Waals surface area contributed by atoms with Gasteiger partial charge < -0.3 is 15.1 Å². The maximum Gasteiger partial charge on any atom is 0.193 e. The lowest BCUT2D eigenvalue weighted by Crippen LogP contribution is -2.41. The van der Waals surface area contributed by atoms with Gasteiger partial charge in [0.25, 0.3) is 0 Å². The SMILES string of the molecule is CCCCN(C)C(=NC)NCCC1CCN(CC)CC1. The van der Waals surface area contributed by atoms with Crippen LogP contribution in [0.25, 0.3) is 0 Å². The van der Waals surface area contributed by atoms with Crippen molar-refractivity contribution in [3.8, 4) is 0 Å². The van der Waals surface area contributed by atoms with E-state index in [1.54, 1.807) is 0 Å². The van der Waals surface area contributed by atoms with Crippen LogP contribution in [-0.2, 0) is 0 Å². The molecule has 1 fully saturated rings. The Kier molecular flexibility index (Phi) is 8.67. The maximum atomic E-state index is 4.37. The molecule has 0 atom stereocenters. The molecule has 0 saturated carbocycles. The van der Waals surface area contributed by atoms with Crippen molar-refractivity contribution in [2.24, 2.45) is 10.9 Å². The summed E-state index contributed by atoms with van der Waals surface area (Å²) in [4.78, 5) is 9.17. The van der Waals surface area contributed by atoms with E-state index in [-0.39, 0.29) is 0 Å². The van der Waals surface area contributed by atoms with Crippen LogP contribution in [0.4, 0.5) is 0 Å². The normalized spacial score (nSPS) is 18.3. The van der Waals surface area contributed by atoms with E-state index in [2.05, 4.69) is 41.0 Å². The molecular weight excluding hydrogens is 248 g/mol. The molecule has 0 aliphatic carbocycles. The van der Waals surface area contributed by atoms with E-state index < -0.39 is 0 Å². The zero-order valence-electron chi connectivity index (χ0n) is 14.0. The van der Waals surface area contributed by atoms with Crippen molar-refractivity contribution in [1.29, 1.82) is 0 Å². The third kappa shape index (κ3) is 6.12. The lowest BCUT2D eigenvalue weighted by Gasteiger charge is -2.31. The molecule has 0 spiro atoms. The first-order chi connectivity index (χ1) is 9.71. The Morgan fingerprint density at radius 3 is 2.55 bits per heavy atom. The number of rotatable bonds is 7. The molecule has 1 aliphatic rings. The molecule has 1 rings (SSSR count). The summed E-state index contributed by atoms with van der Waals surface area (Å²) in [5.41, 5.74) is 0. The lowest BCUT2D eigenvalue weighted by molar-refractivity contribution is 0.187. The highest BCUT2D eigenvalue weighted by atomic mass is 15.3. The van der Waals surface area contributed by atoms with Gasteiger partial charge in [0.2, 0.25) is 0 Å². The number of piperidine rings is 1. The van der Waals surface area contributed by atoms with Crippen molar-refractivity contribution >= 4 is 5.96 Å². The Bertz CT molecular complexity index is 270. The van der Waals surface area contributed by atoms with Gasteiger partial charge >= 0.3 is 0 Å². The second-order valence-electron chi connectivity index (χ2n) is 5.92. The molecule has 0 aromatic rings. The number of nitrogens with zero attached hydrogens (tertiary/aromatic N) is 3. The summed E-state index contributed by atoms with van der Waals surface area (Å²) >= 11 is 0. The largest absolute Gasteiger partial charge is 0.356 e.